The minimum absolute atomic E-state index is 0.0393. The highest BCUT2D eigenvalue weighted by atomic mass is 32.2. The molecule has 0 fully saturated rings. The maximum Gasteiger partial charge on any atom is 0.240 e. The number of pyridine rings is 1. The third-order valence-corrected chi connectivity index (χ3v) is 7.47. The van der Waals surface area contributed by atoms with Crippen molar-refractivity contribution in [3.8, 4) is 10.6 Å². The fourth-order valence-electron chi connectivity index (χ4n) is 3.32. The summed E-state index contributed by atoms with van der Waals surface area (Å²) < 4.78 is 28.3. The first-order valence-corrected chi connectivity index (χ1v) is 11.4. The second-order valence-corrected chi connectivity index (χ2v) is 9.66. The molecule has 0 spiro atoms. The van der Waals surface area contributed by atoms with Gasteiger partial charge in [0.25, 0.3) is 0 Å². The van der Waals surface area contributed by atoms with Crippen molar-refractivity contribution in [3.63, 3.8) is 0 Å². The number of nitrogens with zero attached hydrogens (tertiary/aromatic N) is 3. The summed E-state index contributed by atoms with van der Waals surface area (Å²) in [5.74, 6) is -0.0393. The topological polar surface area (TPSA) is 92.3 Å². The molecule has 1 aromatic carbocycles. The van der Waals surface area contributed by atoms with Gasteiger partial charge >= 0.3 is 0 Å². The van der Waals surface area contributed by atoms with Crippen LogP contribution < -0.4 is 9.62 Å². The molecule has 4 rings (SSSR count). The van der Waals surface area contributed by atoms with Crippen LogP contribution in [0.25, 0.3) is 10.6 Å². The first-order chi connectivity index (χ1) is 13.8. The van der Waals surface area contributed by atoms with Crippen molar-refractivity contribution < 1.29 is 13.2 Å². The van der Waals surface area contributed by atoms with Crippen molar-refractivity contribution in [3.05, 3.63) is 58.9 Å². The number of carbonyl (C=O) groups is 1. The Balaban J connectivity index is 1.52. The van der Waals surface area contributed by atoms with Crippen LogP contribution in [-0.4, -0.2) is 30.8 Å². The van der Waals surface area contributed by atoms with Gasteiger partial charge in [-0.15, -0.1) is 11.3 Å². The van der Waals surface area contributed by atoms with Crippen LogP contribution in [0.4, 0.5) is 5.69 Å². The smallest absolute Gasteiger partial charge is 0.240 e. The van der Waals surface area contributed by atoms with Crippen LogP contribution in [0.3, 0.4) is 0 Å². The number of hydrogen-bond acceptors (Lipinski definition) is 6. The van der Waals surface area contributed by atoms with Crippen LogP contribution in [0.2, 0.25) is 0 Å². The number of carbonyl (C=O) groups excluding carboxylic acids is 1. The molecule has 0 bridgehead atoms. The van der Waals surface area contributed by atoms with Gasteiger partial charge in [-0.2, -0.15) is 0 Å². The molecule has 0 atom stereocenters. The Morgan fingerprint density at radius 3 is 2.86 bits per heavy atom. The van der Waals surface area contributed by atoms with Gasteiger partial charge in [-0.3, -0.25) is 9.78 Å². The van der Waals surface area contributed by atoms with E-state index in [1.165, 1.54) is 18.3 Å². The second kappa shape index (κ2) is 7.66. The number of thiazole rings is 1. The number of sulfonamides is 1. The Hall–Kier alpha value is -2.62. The predicted octanol–water partition coefficient (Wildman–Crippen LogP) is 2.90. The van der Waals surface area contributed by atoms with Crippen LogP contribution >= 0.6 is 11.3 Å². The maximum atomic E-state index is 12.8. The summed E-state index contributed by atoms with van der Waals surface area (Å²) >= 11 is 1.45. The van der Waals surface area contributed by atoms with Gasteiger partial charge in [-0.25, -0.2) is 18.1 Å². The summed E-state index contributed by atoms with van der Waals surface area (Å²) in [4.78, 5) is 23.0. The number of amides is 1. The van der Waals surface area contributed by atoms with Crippen molar-refractivity contribution in [1.82, 2.24) is 14.7 Å². The number of hydrogen-bond donors (Lipinski definition) is 1. The summed E-state index contributed by atoms with van der Waals surface area (Å²) in [6, 6.07) is 8.67. The van der Waals surface area contributed by atoms with Gasteiger partial charge in [0.1, 0.15) is 5.01 Å². The van der Waals surface area contributed by atoms with Gasteiger partial charge < -0.3 is 4.90 Å². The number of fused-ring (bicyclic) bond motifs is 1. The molecule has 9 heteroatoms. The van der Waals surface area contributed by atoms with E-state index < -0.39 is 10.0 Å². The SMILES string of the molecule is CC(=O)N1CCc2cc(S(=O)(=O)NCc3sc(-c4cccnc4)nc3C)ccc21. The lowest BCUT2D eigenvalue weighted by atomic mass is 10.2. The van der Waals surface area contributed by atoms with Gasteiger partial charge in [0.05, 0.1) is 10.6 Å². The zero-order valence-electron chi connectivity index (χ0n) is 16.0. The lowest BCUT2D eigenvalue weighted by Crippen LogP contribution is -2.26. The van der Waals surface area contributed by atoms with Crippen LogP contribution in [0.1, 0.15) is 23.1 Å². The molecule has 0 saturated heterocycles. The Morgan fingerprint density at radius 2 is 2.14 bits per heavy atom. The van der Waals surface area contributed by atoms with E-state index in [0.29, 0.717) is 13.0 Å². The van der Waals surface area contributed by atoms with Gasteiger partial charge in [0, 0.05) is 48.5 Å². The third kappa shape index (κ3) is 3.93. The molecule has 0 saturated carbocycles. The molecule has 0 aliphatic carbocycles. The number of rotatable bonds is 5. The highest BCUT2D eigenvalue weighted by Gasteiger charge is 2.25. The molecule has 1 aliphatic heterocycles. The number of aromatic nitrogens is 2. The quantitative estimate of drug-likeness (QED) is 0.675. The van der Waals surface area contributed by atoms with Crippen molar-refractivity contribution in [2.24, 2.45) is 0 Å². The van der Waals surface area contributed by atoms with E-state index in [2.05, 4.69) is 14.7 Å². The van der Waals surface area contributed by atoms with Crippen molar-refractivity contribution in [2.75, 3.05) is 11.4 Å². The van der Waals surface area contributed by atoms with Crippen LogP contribution in [-0.2, 0) is 27.8 Å². The molecule has 3 heterocycles. The average molecular weight is 429 g/mol. The first-order valence-electron chi connectivity index (χ1n) is 9.12. The summed E-state index contributed by atoms with van der Waals surface area (Å²) in [7, 11) is -3.68. The fraction of sp³-hybridized carbons (Fsp3) is 0.250. The molecule has 29 heavy (non-hydrogen) atoms. The van der Waals surface area contributed by atoms with Gasteiger partial charge in [-0.05, 0) is 49.2 Å². The monoisotopic (exact) mass is 428 g/mol. The molecule has 1 N–H and O–H groups in total. The van der Waals surface area contributed by atoms with E-state index in [1.54, 1.807) is 35.5 Å². The van der Waals surface area contributed by atoms with E-state index in [9.17, 15) is 13.2 Å². The lowest BCUT2D eigenvalue weighted by Gasteiger charge is -2.15. The van der Waals surface area contributed by atoms with E-state index in [-0.39, 0.29) is 17.3 Å². The van der Waals surface area contributed by atoms with E-state index in [4.69, 9.17) is 0 Å². The zero-order valence-corrected chi connectivity index (χ0v) is 17.7. The summed E-state index contributed by atoms with van der Waals surface area (Å²) in [5, 5.41) is 0.812. The highest BCUT2D eigenvalue weighted by Crippen LogP contribution is 2.31. The molecule has 0 unspecified atom stereocenters. The van der Waals surface area contributed by atoms with Gasteiger partial charge in [0.15, 0.2) is 0 Å². The maximum absolute atomic E-state index is 12.8. The molecule has 1 amide bonds. The molecule has 0 radical (unpaired) electrons. The standard InChI is InChI=1S/C20H20N4O3S2/c1-13-19(28-20(23-13)16-4-3-8-21-11-16)12-22-29(26,27)17-5-6-18-15(10-17)7-9-24(18)14(2)25/h3-6,8,10-11,22H,7,9,12H2,1-2H3. The first kappa shape index (κ1) is 19.7. The van der Waals surface area contributed by atoms with Crippen LogP contribution in [0.5, 0.6) is 0 Å². The Kier molecular flexibility index (Phi) is 5.20. The van der Waals surface area contributed by atoms with Crippen molar-refractivity contribution >= 4 is 33.0 Å². The van der Waals surface area contributed by atoms with Gasteiger partial charge in [0.2, 0.25) is 15.9 Å². The van der Waals surface area contributed by atoms with E-state index >= 15 is 0 Å². The second-order valence-electron chi connectivity index (χ2n) is 6.81. The molecule has 150 valence electrons. The molecular weight excluding hydrogens is 408 g/mol. The third-order valence-electron chi connectivity index (χ3n) is 4.86. The minimum Gasteiger partial charge on any atom is -0.312 e. The summed E-state index contributed by atoms with van der Waals surface area (Å²) in [6.07, 6.45) is 4.09. The molecule has 7 nitrogen and oxygen atoms in total. The predicted molar refractivity (Wildman–Crippen MR) is 112 cm³/mol. The molecular formula is C20H20N4O3S2. The largest absolute Gasteiger partial charge is 0.312 e. The van der Waals surface area contributed by atoms with Crippen LogP contribution in [0, 0.1) is 6.92 Å². The Bertz CT molecular complexity index is 1170. The van der Waals surface area contributed by atoms with Gasteiger partial charge in [-0.1, -0.05) is 0 Å². The number of aryl methyl sites for hydroxylation is 1. The lowest BCUT2D eigenvalue weighted by molar-refractivity contribution is -0.116. The number of benzene rings is 1. The number of nitrogens with one attached hydrogen (secondary N) is 1. The van der Waals surface area contributed by atoms with E-state index in [0.717, 1.165) is 32.4 Å². The zero-order chi connectivity index (χ0) is 20.6. The average Bonchev–Trinajstić information content (AvgIpc) is 3.30. The number of anilines is 1. The molecule has 3 aromatic rings. The fourth-order valence-corrected chi connectivity index (χ4v) is 5.45. The van der Waals surface area contributed by atoms with E-state index in [1.807, 2.05) is 19.1 Å². The Labute approximate surface area is 173 Å². The minimum atomic E-state index is -3.68. The normalized spacial score (nSPS) is 13.5. The summed E-state index contributed by atoms with van der Waals surface area (Å²) in [6.45, 7) is 4.13. The van der Waals surface area contributed by atoms with Crippen molar-refractivity contribution in [1.29, 1.82) is 0 Å². The molecule has 1 aliphatic rings. The highest BCUT2D eigenvalue weighted by molar-refractivity contribution is 7.89. The van der Waals surface area contributed by atoms with Crippen LogP contribution in [0.15, 0.2) is 47.6 Å². The Morgan fingerprint density at radius 1 is 1.31 bits per heavy atom. The molecule has 2 aromatic heterocycles. The van der Waals surface area contributed by atoms with Crippen molar-refractivity contribution in [2.45, 2.75) is 31.7 Å². The summed E-state index contributed by atoms with van der Waals surface area (Å²) in [5.41, 5.74) is 3.36.